The van der Waals surface area contributed by atoms with Gasteiger partial charge in [0, 0.05) is 12.7 Å². The van der Waals surface area contributed by atoms with Crippen molar-refractivity contribution < 1.29 is 0 Å². The molecule has 0 amide bonds. The molecule has 0 saturated carbocycles. The summed E-state index contributed by atoms with van der Waals surface area (Å²) in [6.45, 7) is 9.70. The number of fused-ring (bicyclic) bond motifs is 1. The first-order chi connectivity index (χ1) is 8.42. The molecule has 4 heteroatoms. The zero-order valence-corrected chi connectivity index (χ0v) is 12.3. The number of nitrogens with zero attached hydrogens (tertiary/aromatic N) is 3. The minimum absolute atomic E-state index is 0.296. The van der Waals surface area contributed by atoms with E-state index in [0.717, 1.165) is 35.5 Å². The van der Waals surface area contributed by atoms with Gasteiger partial charge in [-0.3, -0.25) is 0 Å². The van der Waals surface area contributed by atoms with E-state index in [1.807, 2.05) is 12.3 Å². The average molecular weight is 266 g/mol. The Morgan fingerprint density at radius 1 is 1.33 bits per heavy atom. The van der Waals surface area contributed by atoms with Crippen molar-refractivity contribution in [1.82, 2.24) is 14.5 Å². The lowest BCUT2D eigenvalue weighted by molar-refractivity contribution is 0.350. The third kappa shape index (κ3) is 2.66. The van der Waals surface area contributed by atoms with Crippen LogP contribution in [0.5, 0.6) is 0 Å². The van der Waals surface area contributed by atoms with Gasteiger partial charge in [-0.2, -0.15) is 0 Å². The van der Waals surface area contributed by atoms with Gasteiger partial charge >= 0.3 is 0 Å². The molecule has 2 aromatic rings. The van der Waals surface area contributed by atoms with E-state index in [1.54, 1.807) is 0 Å². The zero-order chi connectivity index (χ0) is 13.3. The van der Waals surface area contributed by atoms with Crippen molar-refractivity contribution in [2.24, 2.45) is 5.41 Å². The second-order valence-electron chi connectivity index (χ2n) is 5.92. The van der Waals surface area contributed by atoms with Gasteiger partial charge in [-0.05, 0) is 30.4 Å². The molecule has 0 bridgehead atoms. The Kier molecular flexibility index (Phi) is 3.62. The van der Waals surface area contributed by atoms with E-state index >= 15 is 0 Å². The van der Waals surface area contributed by atoms with Crippen molar-refractivity contribution in [3.8, 4) is 0 Å². The predicted molar refractivity (Wildman–Crippen MR) is 75.9 cm³/mol. The van der Waals surface area contributed by atoms with E-state index in [-0.39, 0.29) is 0 Å². The standard InChI is InChI=1S/C14H20ClN3/c1-10-5-7-16-13-12(10)17-11(9-15)18(13)8-6-14(2,3)4/h5,7H,6,8-9H2,1-4H3. The van der Waals surface area contributed by atoms with Crippen LogP contribution in [-0.4, -0.2) is 14.5 Å². The molecule has 2 rings (SSSR count). The maximum absolute atomic E-state index is 5.99. The van der Waals surface area contributed by atoms with Crippen LogP contribution in [0.25, 0.3) is 11.2 Å². The zero-order valence-electron chi connectivity index (χ0n) is 11.5. The maximum Gasteiger partial charge on any atom is 0.160 e. The van der Waals surface area contributed by atoms with Crippen molar-refractivity contribution in [3.63, 3.8) is 0 Å². The number of pyridine rings is 1. The van der Waals surface area contributed by atoms with Crippen LogP contribution in [0.1, 0.15) is 38.6 Å². The smallest absolute Gasteiger partial charge is 0.160 e. The number of alkyl halides is 1. The predicted octanol–water partition coefficient (Wildman–Crippen LogP) is 3.91. The highest BCUT2D eigenvalue weighted by molar-refractivity contribution is 6.16. The van der Waals surface area contributed by atoms with E-state index in [0.29, 0.717) is 11.3 Å². The molecule has 0 spiro atoms. The van der Waals surface area contributed by atoms with Crippen molar-refractivity contribution in [3.05, 3.63) is 23.7 Å². The lowest BCUT2D eigenvalue weighted by atomic mass is 9.92. The summed E-state index contributed by atoms with van der Waals surface area (Å²) in [5.41, 5.74) is 3.38. The average Bonchev–Trinajstić information content (AvgIpc) is 2.65. The normalized spacial score (nSPS) is 12.3. The molecular weight excluding hydrogens is 246 g/mol. The summed E-state index contributed by atoms with van der Waals surface area (Å²) in [5, 5.41) is 0. The molecule has 0 radical (unpaired) electrons. The summed E-state index contributed by atoms with van der Waals surface area (Å²) in [6.07, 6.45) is 2.92. The molecule has 0 aliphatic rings. The molecule has 0 fully saturated rings. The number of imidazole rings is 1. The SMILES string of the molecule is Cc1ccnc2c1nc(CCl)n2CCC(C)(C)C. The van der Waals surface area contributed by atoms with E-state index in [2.05, 4.69) is 42.2 Å². The minimum atomic E-state index is 0.296. The Morgan fingerprint density at radius 2 is 2.06 bits per heavy atom. The van der Waals surface area contributed by atoms with Crippen LogP contribution in [-0.2, 0) is 12.4 Å². The van der Waals surface area contributed by atoms with Crippen LogP contribution in [0.4, 0.5) is 0 Å². The van der Waals surface area contributed by atoms with Gasteiger partial charge in [-0.1, -0.05) is 20.8 Å². The second-order valence-corrected chi connectivity index (χ2v) is 6.19. The Labute approximate surface area is 113 Å². The highest BCUT2D eigenvalue weighted by Gasteiger charge is 2.16. The van der Waals surface area contributed by atoms with Gasteiger partial charge in [-0.15, -0.1) is 11.6 Å². The number of hydrogen-bond donors (Lipinski definition) is 0. The van der Waals surface area contributed by atoms with Crippen LogP contribution < -0.4 is 0 Å². The molecule has 0 saturated heterocycles. The highest BCUT2D eigenvalue weighted by Crippen LogP contribution is 2.23. The summed E-state index contributed by atoms with van der Waals surface area (Å²) in [6, 6.07) is 1.99. The van der Waals surface area contributed by atoms with E-state index in [9.17, 15) is 0 Å². The third-order valence-electron chi connectivity index (χ3n) is 3.12. The first-order valence-corrected chi connectivity index (χ1v) is 6.82. The number of aromatic nitrogens is 3. The number of aryl methyl sites for hydroxylation is 2. The van der Waals surface area contributed by atoms with Crippen molar-refractivity contribution in [1.29, 1.82) is 0 Å². The Balaban J connectivity index is 2.44. The van der Waals surface area contributed by atoms with Crippen molar-refractivity contribution in [2.45, 2.75) is 46.5 Å². The monoisotopic (exact) mass is 265 g/mol. The van der Waals surface area contributed by atoms with Gasteiger partial charge in [0.2, 0.25) is 0 Å². The topological polar surface area (TPSA) is 30.7 Å². The van der Waals surface area contributed by atoms with Gasteiger partial charge in [0.15, 0.2) is 5.65 Å². The molecule has 3 nitrogen and oxygen atoms in total. The first-order valence-electron chi connectivity index (χ1n) is 6.29. The summed E-state index contributed by atoms with van der Waals surface area (Å²) < 4.78 is 2.15. The van der Waals surface area contributed by atoms with Crippen molar-refractivity contribution in [2.75, 3.05) is 0 Å². The first kappa shape index (κ1) is 13.3. The molecule has 0 aliphatic heterocycles. The van der Waals surface area contributed by atoms with Gasteiger partial charge in [0.25, 0.3) is 0 Å². The molecular formula is C14H20ClN3. The molecule has 0 aromatic carbocycles. The molecule has 0 atom stereocenters. The van der Waals surface area contributed by atoms with Crippen LogP contribution in [0.3, 0.4) is 0 Å². The fourth-order valence-electron chi connectivity index (χ4n) is 1.97. The summed E-state index contributed by atoms with van der Waals surface area (Å²) in [7, 11) is 0. The van der Waals surface area contributed by atoms with E-state index < -0.39 is 0 Å². The van der Waals surface area contributed by atoms with Crippen LogP contribution in [0, 0.1) is 12.3 Å². The van der Waals surface area contributed by atoms with Crippen LogP contribution in [0.15, 0.2) is 12.3 Å². The quantitative estimate of drug-likeness (QED) is 0.788. The Bertz CT molecular complexity index is 552. The Morgan fingerprint density at radius 3 is 2.67 bits per heavy atom. The highest BCUT2D eigenvalue weighted by atomic mass is 35.5. The summed E-state index contributed by atoms with van der Waals surface area (Å²) in [5.74, 6) is 1.35. The number of halogens is 1. The van der Waals surface area contributed by atoms with Crippen LogP contribution >= 0.6 is 11.6 Å². The number of rotatable bonds is 3. The molecule has 0 N–H and O–H groups in total. The lowest BCUT2D eigenvalue weighted by Crippen LogP contribution is -2.12. The molecule has 0 unspecified atom stereocenters. The summed E-state index contributed by atoms with van der Waals surface area (Å²) in [4.78, 5) is 9.05. The van der Waals surface area contributed by atoms with Crippen LogP contribution in [0.2, 0.25) is 0 Å². The van der Waals surface area contributed by atoms with Gasteiger partial charge < -0.3 is 4.57 Å². The fraction of sp³-hybridized carbons (Fsp3) is 0.571. The largest absolute Gasteiger partial charge is 0.312 e. The fourth-order valence-corrected chi connectivity index (χ4v) is 2.17. The molecule has 0 aliphatic carbocycles. The molecule has 18 heavy (non-hydrogen) atoms. The maximum atomic E-state index is 5.99. The van der Waals surface area contributed by atoms with Gasteiger partial charge in [-0.25, -0.2) is 9.97 Å². The Hall–Kier alpha value is -1.09. The van der Waals surface area contributed by atoms with Gasteiger partial charge in [0.1, 0.15) is 11.3 Å². The summed E-state index contributed by atoms with van der Waals surface area (Å²) >= 11 is 5.99. The lowest BCUT2D eigenvalue weighted by Gasteiger charge is -2.19. The molecule has 98 valence electrons. The van der Waals surface area contributed by atoms with Crippen molar-refractivity contribution >= 4 is 22.8 Å². The molecule has 2 aromatic heterocycles. The number of hydrogen-bond acceptors (Lipinski definition) is 2. The van der Waals surface area contributed by atoms with Gasteiger partial charge in [0.05, 0.1) is 5.88 Å². The molecule has 2 heterocycles. The van der Waals surface area contributed by atoms with E-state index in [1.165, 1.54) is 0 Å². The third-order valence-corrected chi connectivity index (χ3v) is 3.36. The van der Waals surface area contributed by atoms with E-state index in [4.69, 9.17) is 11.6 Å². The minimum Gasteiger partial charge on any atom is -0.312 e. The second kappa shape index (κ2) is 4.88.